The number of aromatic nitrogens is 3. The van der Waals surface area contributed by atoms with Gasteiger partial charge in [-0.3, -0.25) is 4.98 Å². The lowest BCUT2D eigenvalue weighted by Gasteiger charge is -2.07. The largest absolute Gasteiger partial charge is 0.497 e. The smallest absolute Gasteiger partial charge is 0.119 e. The molecule has 0 aliphatic heterocycles. The average Bonchev–Trinajstić information content (AvgIpc) is 3.14. The molecule has 5 heteroatoms. The van der Waals surface area contributed by atoms with Crippen LogP contribution in [0.3, 0.4) is 0 Å². The molecule has 0 saturated carbocycles. The van der Waals surface area contributed by atoms with Gasteiger partial charge in [-0.05, 0) is 36.4 Å². The van der Waals surface area contributed by atoms with Crippen molar-refractivity contribution >= 4 is 33.4 Å². The Labute approximate surface area is 167 Å². The van der Waals surface area contributed by atoms with Gasteiger partial charge in [0.1, 0.15) is 11.4 Å². The summed E-state index contributed by atoms with van der Waals surface area (Å²) in [5.74, 6) is 0.780. The molecule has 3 aromatic carbocycles. The Hall–Kier alpha value is -3.37. The minimum Gasteiger partial charge on any atom is -0.497 e. The van der Waals surface area contributed by atoms with Crippen molar-refractivity contribution in [1.29, 1.82) is 0 Å². The highest BCUT2D eigenvalue weighted by Crippen LogP contribution is 2.35. The second kappa shape index (κ2) is 6.66. The van der Waals surface area contributed by atoms with Crippen LogP contribution >= 0.6 is 11.6 Å². The van der Waals surface area contributed by atoms with Crippen LogP contribution in [0.2, 0.25) is 5.02 Å². The average molecular weight is 386 g/mol. The van der Waals surface area contributed by atoms with E-state index in [9.17, 15) is 0 Å². The predicted octanol–water partition coefficient (Wildman–Crippen LogP) is 5.90. The molecule has 2 aromatic heterocycles. The van der Waals surface area contributed by atoms with E-state index < -0.39 is 0 Å². The Kier molecular flexibility index (Phi) is 3.99. The van der Waals surface area contributed by atoms with Crippen molar-refractivity contribution in [3.05, 3.63) is 84.0 Å². The first-order valence-electron chi connectivity index (χ1n) is 8.91. The Morgan fingerprint density at radius 1 is 0.893 bits per heavy atom. The lowest BCUT2D eigenvalue weighted by molar-refractivity contribution is 0.415. The van der Waals surface area contributed by atoms with Gasteiger partial charge in [0.15, 0.2) is 0 Å². The Bertz CT molecular complexity index is 1310. The normalized spacial score (nSPS) is 11.2. The SMILES string of the molecule is COc1ccc2ncc3c(-c4ccccc4)nn(-c4cccc(Cl)c4)c3c2c1. The first-order chi connectivity index (χ1) is 13.7. The lowest BCUT2D eigenvalue weighted by atomic mass is 10.1. The molecular weight excluding hydrogens is 370 g/mol. The molecule has 5 rings (SSSR count). The number of fused-ring (bicyclic) bond motifs is 3. The van der Waals surface area contributed by atoms with Crippen molar-refractivity contribution in [1.82, 2.24) is 14.8 Å². The molecule has 0 saturated heterocycles. The van der Waals surface area contributed by atoms with Gasteiger partial charge in [0.05, 0.1) is 23.8 Å². The fourth-order valence-corrected chi connectivity index (χ4v) is 3.68. The molecule has 0 aliphatic rings. The molecule has 0 radical (unpaired) electrons. The second-order valence-corrected chi connectivity index (χ2v) is 6.95. The Morgan fingerprint density at radius 3 is 2.54 bits per heavy atom. The molecule has 0 amide bonds. The van der Waals surface area contributed by atoms with Crippen LogP contribution in [0, 0.1) is 0 Å². The van der Waals surface area contributed by atoms with E-state index in [1.54, 1.807) is 7.11 Å². The molecule has 0 spiro atoms. The fourth-order valence-electron chi connectivity index (χ4n) is 3.49. The molecule has 0 atom stereocenters. The molecule has 0 bridgehead atoms. The molecule has 0 fully saturated rings. The van der Waals surface area contributed by atoms with Gasteiger partial charge in [-0.2, -0.15) is 5.10 Å². The zero-order chi connectivity index (χ0) is 19.1. The monoisotopic (exact) mass is 385 g/mol. The topological polar surface area (TPSA) is 39.9 Å². The molecule has 0 aliphatic carbocycles. The van der Waals surface area contributed by atoms with Gasteiger partial charge in [0, 0.05) is 27.6 Å². The summed E-state index contributed by atoms with van der Waals surface area (Å²) < 4.78 is 7.39. The number of halogens is 1. The van der Waals surface area contributed by atoms with E-state index >= 15 is 0 Å². The van der Waals surface area contributed by atoms with Crippen molar-refractivity contribution in [3.63, 3.8) is 0 Å². The van der Waals surface area contributed by atoms with Crippen molar-refractivity contribution in [2.24, 2.45) is 0 Å². The van der Waals surface area contributed by atoms with Crippen LogP contribution in [0.1, 0.15) is 0 Å². The van der Waals surface area contributed by atoms with Crippen molar-refractivity contribution < 1.29 is 4.74 Å². The van der Waals surface area contributed by atoms with E-state index in [4.69, 9.17) is 21.4 Å². The number of benzene rings is 3. The summed E-state index contributed by atoms with van der Waals surface area (Å²) in [5, 5.41) is 7.58. The lowest BCUT2D eigenvalue weighted by Crippen LogP contribution is -1.97. The van der Waals surface area contributed by atoms with E-state index in [2.05, 4.69) is 17.1 Å². The number of hydrogen-bond donors (Lipinski definition) is 0. The maximum Gasteiger partial charge on any atom is 0.119 e. The summed E-state index contributed by atoms with van der Waals surface area (Å²) >= 11 is 6.26. The van der Waals surface area contributed by atoms with Gasteiger partial charge in [0.25, 0.3) is 0 Å². The van der Waals surface area contributed by atoms with Crippen LogP contribution in [0.25, 0.3) is 38.8 Å². The fraction of sp³-hybridized carbons (Fsp3) is 0.0435. The van der Waals surface area contributed by atoms with E-state index in [-0.39, 0.29) is 0 Å². The number of hydrogen-bond acceptors (Lipinski definition) is 3. The minimum atomic E-state index is 0.665. The molecule has 0 N–H and O–H groups in total. The third kappa shape index (κ3) is 2.70. The summed E-state index contributed by atoms with van der Waals surface area (Å²) in [5.41, 5.74) is 4.68. The van der Waals surface area contributed by atoms with E-state index in [1.165, 1.54) is 0 Å². The summed E-state index contributed by atoms with van der Waals surface area (Å²) in [6, 6.07) is 23.7. The summed E-state index contributed by atoms with van der Waals surface area (Å²) in [4.78, 5) is 4.66. The highest BCUT2D eigenvalue weighted by Gasteiger charge is 2.17. The zero-order valence-electron chi connectivity index (χ0n) is 15.1. The van der Waals surface area contributed by atoms with Crippen LogP contribution < -0.4 is 4.74 Å². The van der Waals surface area contributed by atoms with Crippen molar-refractivity contribution in [3.8, 4) is 22.7 Å². The van der Waals surface area contributed by atoms with E-state index in [1.807, 2.05) is 71.5 Å². The van der Waals surface area contributed by atoms with Gasteiger partial charge in [0.2, 0.25) is 0 Å². The third-order valence-electron chi connectivity index (χ3n) is 4.81. The van der Waals surface area contributed by atoms with Gasteiger partial charge in [-0.25, -0.2) is 4.68 Å². The van der Waals surface area contributed by atoms with Gasteiger partial charge >= 0.3 is 0 Å². The highest BCUT2D eigenvalue weighted by atomic mass is 35.5. The van der Waals surface area contributed by atoms with Crippen molar-refractivity contribution in [2.75, 3.05) is 7.11 Å². The Balaban J connectivity index is 1.92. The van der Waals surface area contributed by atoms with Crippen molar-refractivity contribution in [2.45, 2.75) is 0 Å². The number of rotatable bonds is 3. The quantitative estimate of drug-likeness (QED) is 0.388. The number of nitrogens with zero attached hydrogens (tertiary/aromatic N) is 3. The second-order valence-electron chi connectivity index (χ2n) is 6.51. The minimum absolute atomic E-state index is 0.665. The summed E-state index contributed by atoms with van der Waals surface area (Å²) in [6.45, 7) is 0. The highest BCUT2D eigenvalue weighted by molar-refractivity contribution is 6.30. The van der Waals surface area contributed by atoms with Crippen LogP contribution in [0.5, 0.6) is 5.75 Å². The van der Waals surface area contributed by atoms with Crippen LogP contribution in [0.4, 0.5) is 0 Å². The molecule has 2 heterocycles. The predicted molar refractivity (Wildman–Crippen MR) is 113 cm³/mol. The standard InChI is InChI=1S/C23H16ClN3O/c1-28-18-10-11-21-19(13-18)23-20(14-25-21)22(15-6-3-2-4-7-15)26-27(23)17-9-5-8-16(24)12-17/h2-14H,1H3. The van der Waals surface area contributed by atoms with Gasteiger partial charge in [-0.1, -0.05) is 48.0 Å². The number of methoxy groups -OCH3 is 1. The molecule has 0 unspecified atom stereocenters. The number of ether oxygens (including phenoxy) is 1. The molecule has 28 heavy (non-hydrogen) atoms. The van der Waals surface area contributed by atoms with Crippen LogP contribution in [-0.2, 0) is 0 Å². The maximum atomic E-state index is 6.26. The third-order valence-corrected chi connectivity index (χ3v) is 5.05. The van der Waals surface area contributed by atoms with E-state index in [0.29, 0.717) is 5.02 Å². The first kappa shape index (κ1) is 16.8. The number of pyridine rings is 1. The molecule has 4 nitrogen and oxygen atoms in total. The molecule has 5 aromatic rings. The maximum absolute atomic E-state index is 6.26. The first-order valence-corrected chi connectivity index (χ1v) is 9.29. The Morgan fingerprint density at radius 2 is 1.75 bits per heavy atom. The molecule has 136 valence electrons. The molecular formula is C23H16ClN3O. The van der Waals surface area contributed by atoms with Gasteiger partial charge in [-0.15, -0.1) is 0 Å². The summed E-state index contributed by atoms with van der Waals surface area (Å²) in [6.07, 6.45) is 1.89. The van der Waals surface area contributed by atoms with E-state index in [0.717, 1.165) is 44.5 Å². The van der Waals surface area contributed by atoms with Crippen LogP contribution in [0.15, 0.2) is 79.0 Å². The van der Waals surface area contributed by atoms with Gasteiger partial charge < -0.3 is 4.74 Å². The zero-order valence-corrected chi connectivity index (χ0v) is 15.9. The summed E-state index contributed by atoms with van der Waals surface area (Å²) in [7, 11) is 1.67. The van der Waals surface area contributed by atoms with Crippen LogP contribution in [-0.4, -0.2) is 21.9 Å².